The molecule has 2 heterocycles. The highest BCUT2D eigenvalue weighted by Gasteiger charge is 2.39. The van der Waals surface area contributed by atoms with Gasteiger partial charge in [-0.15, -0.1) is 0 Å². The first-order valence-corrected chi connectivity index (χ1v) is 13.1. The molecule has 1 aliphatic heterocycles. The van der Waals surface area contributed by atoms with E-state index in [1.165, 1.54) is 18.5 Å². The topological polar surface area (TPSA) is 71.3 Å². The zero-order valence-corrected chi connectivity index (χ0v) is 21.9. The number of aliphatic imine (C=N–C) groups is 1. The quantitative estimate of drug-likeness (QED) is 0.365. The van der Waals surface area contributed by atoms with E-state index in [1.54, 1.807) is 24.3 Å². The summed E-state index contributed by atoms with van der Waals surface area (Å²) in [5.74, 6) is -2.14. The van der Waals surface area contributed by atoms with Gasteiger partial charge in [0.2, 0.25) is 5.91 Å². The molecule has 0 spiro atoms. The van der Waals surface area contributed by atoms with Gasteiger partial charge in [-0.2, -0.15) is 18.3 Å². The minimum Gasteiger partial charge on any atom is -0.348 e. The van der Waals surface area contributed by atoms with Gasteiger partial charge in [0, 0.05) is 33.6 Å². The first kappa shape index (κ1) is 27.8. The fourth-order valence-electron chi connectivity index (χ4n) is 5.23. The molecule has 2 N–H and O–H groups in total. The second-order valence-corrected chi connectivity index (χ2v) is 10.2. The van der Waals surface area contributed by atoms with Crippen molar-refractivity contribution < 1.29 is 26.7 Å². The van der Waals surface area contributed by atoms with Crippen LogP contribution in [0.15, 0.2) is 53.2 Å². The molecule has 0 saturated carbocycles. The summed E-state index contributed by atoms with van der Waals surface area (Å²) in [6.07, 6.45) is -1.21. The summed E-state index contributed by atoms with van der Waals surface area (Å²) in [5, 5.41) is 10.2. The molecule has 0 bridgehead atoms. The van der Waals surface area contributed by atoms with Crippen LogP contribution in [-0.2, 0) is 36.8 Å². The molecular weight excluding hydrogens is 553 g/mol. The van der Waals surface area contributed by atoms with Gasteiger partial charge in [0.25, 0.3) is 0 Å². The number of halogens is 6. The van der Waals surface area contributed by atoms with Crippen LogP contribution < -0.4 is 10.6 Å². The van der Waals surface area contributed by atoms with Gasteiger partial charge in [0.1, 0.15) is 18.2 Å². The molecule has 1 amide bonds. The van der Waals surface area contributed by atoms with Crippen LogP contribution in [0, 0.1) is 11.6 Å². The zero-order chi connectivity index (χ0) is 28.4. The summed E-state index contributed by atoms with van der Waals surface area (Å²) >= 11 is 6.04. The number of benzene rings is 2. The average molecular weight is 578 g/mol. The van der Waals surface area contributed by atoms with Gasteiger partial charge >= 0.3 is 6.18 Å². The van der Waals surface area contributed by atoms with Gasteiger partial charge in [0.05, 0.1) is 18.9 Å². The number of carbonyl (C=O) groups is 1. The van der Waals surface area contributed by atoms with Gasteiger partial charge in [-0.25, -0.2) is 8.78 Å². The largest absolute Gasteiger partial charge is 0.435 e. The van der Waals surface area contributed by atoms with Gasteiger partial charge in [-0.3, -0.25) is 14.5 Å². The van der Waals surface area contributed by atoms with Crippen molar-refractivity contribution in [3.8, 4) is 0 Å². The Labute approximate surface area is 231 Å². The van der Waals surface area contributed by atoms with E-state index >= 15 is 0 Å². The minimum absolute atomic E-state index is 0.00129. The fourth-order valence-corrected chi connectivity index (χ4v) is 5.35. The van der Waals surface area contributed by atoms with Gasteiger partial charge in [-0.05, 0) is 67.5 Å². The van der Waals surface area contributed by atoms with Crippen LogP contribution in [-0.4, -0.2) is 34.6 Å². The van der Waals surface area contributed by atoms with Crippen LogP contribution in [0.4, 0.5) is 22.0 Å². The van der Waals surface area contributed by atoms with Gasteiger partial charge in [0.15, 0.2) is 5.69 Å². The molecule has 1 unspecified atom stereocenters. The van der Waals surface area contributed by atoms with Gasteiger partial charge in [-0.1, -0.05) is 23.7 Å². The highest BCUT2D eigenvalue weighted by molar-refractivity contribution is 6.30. The van der Waals surface area contributed by atoms with Crippen LogP contribution in [0.3, 0.4) is 0 Å². The molecule has 1 atom stereocenters. The summed E-state index contributed by atoms with van der Waals surface area (Å²) in [4.78, 5) is 17.6. The predicted molar refractivity (Wildman–Crippen MR) is 141 cm³/mol. The molecule has 2 aliphatic rings. The number of amides is 1. The number of alkyl halides is 3. The average Bonchev–Trinajstić information content (AvgIpc) is 3.27. The molecule has 12 heteroatoms. The Kier molecular flexibility index (Phi) is 7.93. The number of carbonyl (C=O) groups excluding carboxylic acids is 1. The molecule has 5 rings (SSSR count). The summed E-state index contributed by atoms with van der Waals surface area (Å²) in [7, 11) is 0. The minimum atomic E-state index is -4.63. The first-order chi connectivity index (χ1) is 19.1. The highest BCUT2D eigenvalue weighted by Crippen LogP contribution is 2.36. The maximum atomic E-state index is 14.0. The smallest absolute Gasteiger partial charge is 0.348 e. The zero-order valence-electron chi connectivity index (χ0n) is 21.2. The van der Waals surface area contributed by atoms with Crippen molar-refractivity contribution in [1.82, 2.24) is 20.4 Å². The van der Waals surface area contributed by atoms with Crippen molar-refractivity contribution in [1.29, 1.82) is 0 Å². The first-order valence-electron chi connectivity index (χ1n) is 12.7. The highest BCUT2D eigenvalue weighted by atomic mass is 35.5. The van der Waals surface area contributed by atoms with Crippen molar-refractivity contribution in [2.24, 2.45) is 4.99 Å². The molecule has 0 saturated heterocycles. The molecule has 6 nitrogen and oxygen atoms in total. The SMILES string of the molecule is O=C(Cn1nc(C(F)(F)F)c2c1CCCC2)NC(Cc1cc(F)cc(F)c1)C1=C(c2ccc(Cl)cc2)CN=CN1. The summed E-state index contributed by atoms with van der Waals surface area (Å²) in [5.41, 5.74) is 1.89. The maximum Gasteiger partial charge on any atom is 0.435 e. The molecule has 2 aromatic carbocycles. The third-order valence-electron chi connectivity index (χ3n) is 6.94. The lowest BCUT2D eigenvalue weighted by atomic mass is 9.94. The monoisotopic (exact) mass is 577 g/mol. The van der Waals surface area contributed by atoms with Crippen LogP contribution in [0.5, 0.6) is 0 Å². The number of fused-ring (bicyclic) bond motifs is 1. The standard InChI is InChI=1S/C28H25ClF5N5O/c29-18-7-5-17(6-8-18)22-13-35-15-36-26(22)23(11-16-9-19(30)12-20(31)10-16)37-25(40)14-39-24-4-2-1-3-21(24)27(38-39)28(32,33)34/h5-10,12,15,23H,1-4,11,13-14H2,(H,35,36)(H,37,40). The lowest BCUT2D eigenvalue weighted by molar-refractivity contribution is -0.142. The Hall–Kier alpha value is -3.73. The van der Waals surface area contributed by atoms with Crippen LogP contribution in [0.1, 0.15) is 40.9 Å². The molecule has 1 aliphatic carbocycles. The molecule has 210 valence electrons. The number of rotatable bonds is 7. The number of aromatic nitrogens is 2. The van der Waals surface area contributed by atoms with Gasteiger partial charge < -0.3 is 10.6 Å². The Balaban J connectivity index is 1.48. The lowest BCUT2D eigenvalue weighted by Crippen LogP contribution is -2.44. The van der Waals surface area contributed by atoms with E-state index in [0.29, 0.717) is 35.7 Å². The number of nitrogens with zero attached hydrogens (tertiary/aromatic N) is 3. The molecular formula is C28H25ClF5N5O. The Bertz CT molecular complexity index is 1460. The molecule has 0 radical (unpaired) electrons. The summed E-state index contributed by atoms with van der Waals surface area (Å²) < 4.78 is 70.1. The molecule has 3 aromatic rings. The van der Waals surface area contributed by atoms with E-state index in [1.807, 2.05) is 0 Å². The van der Waals surface area contributed by atoms with Crippen LogP contribution >= 0.6 is 11.6 Å². The van der Waals surface area contributed by atoms with Crippen LogP contribution in [0.25, 0.3) is 5.57 Å². The summed E-state index contributed by atoms with van der Waals surface area (Å²) in [6.45, 7) is -0.181. The van der Waals surface area contributed by atoms with Crippen LogP contribution in [0.2, 0.25) is 5.02 Å². The van der Waals surface area contributed by atoms with Crippen molar-refractivity contribution in [3.63, 3.8) is 0 Å². The normalized spacial score (nSPS) is 15.9. The Morgan fingerprint density at radius 1 is 1.07 bits per heavy atom. The van der Waals surface area contributed by atoms with Crippen molar-refractivity contribution in [2.45, 2.75) is 50.9 Å². The van der Waals surface area contributed by atoms with E-state index in [2.05, 4.69) is 20.7 Å². The number of nitrogens with one attached hydrogen (secondary N) is 2. The molecule has 1 aromatic heterocycles. The Morgan fingerprint density at radius 3 is 2.48 bits per heavy atom. The van der Waals surface area contributed by atoms with Crippen molar-refractivity contribution in [3.05, 3.63) is 92.9 Å². The third kappa shape index (κ3) is 6.19. The van der Waals surface area contributed by atoms with E-state index in [9.17, 15) is 26.7 Å². The summed E-state index contributed by atoms with van der Waals surface area (Å²) in [6, 6.07) is 9.25. The third-order valence-corrected chi connectivity index (χ3v) is 7.20. The molecule has 0 fully saturated rings. The maximum absolute atomic E-state index is 14.0. The Morgan fingerprint density at radius 2 is 1.77 bits per heavy atom. The molecule has 40 heavy (non-hydrogen) atoms. The van der Waals surface area contributed by atoms with E-state index in [0.717, 1.165) is 21.9 Å². The van der Waals surface area contributed by atoms with E-state index in [4.69, 9.17) is 11.6 Å². The van der Waals surface area contributed by atoms with E-state index in [-0.39, 0.29) is 30.5 Å². The predicted octanol–water partition coefficient (Wildman–Crippen LogP) is 5.48. The lowest BCUT2D eigenvalue weighted by Gasteiger charge is -2.27. The number of hydrogen-bond acceptors (Lipinski definition) is 4. The van der Waals surface area contributed by atoms with Crippen molar-refractivity contribution >= 4 is 29.4 Å². The second-order valence-electron chi connectivity index (χ2n) is 9.75. The van der Waals surface area contributed by atoms with Crippen molar-refractivity contribution in [2.75, 3.05) is 6.54 Å². The number of hydrogen-bond donors (Lipinski definition) is 2. The fraction of sp³-hybridized carbons (Fsp3) is 0.321. The second kappa shape index (κ2) is 11.4. The van der Waals surface area contributed by atoms with E-state index < -0.39 is 42.0 Å².